The molecule has 5 heteroatoms. The molecule has 0 amide bonds. The highest BCUT2D eigenvalue weighted by Gasteiger charge is 2.63. The summed E-state index contributed by atoms with van der Waals surface area (Å²) in [5.74, 6) is 0.942. The molecular weight excluding hydrogens is 308 g/mol. The fourth-order valence-corrected chi connectivity index (χ4v) is 3.80. The molecule has 1 fully saturated rings. The highest BCUT2D eigenvalue weighted by molar-refractivity contribution is 5.95. The maximum Gasteiger partial charge on any atom is 0.192 e. The maximum absolute atomic E-state index is 12.7. The summed E-state index contributed by atoms with van der Waals surface area (Å²) in [7, 11) is 3.05. The smallest absolute Gasteiger partial charge is 0.192 e. The van der Waals surface area contributed by atoms with E-state index in [2.05, 4.69) is 0 Å². The van der Waals surface area contributed by atoms with E-state index in [9.17, 15) is 9.90 Å². The second-order valence-electron chi connectivity index (χ2n) is 6.15. The van der Waals surface area contributed by atoms with Crippen LogP contribution in [0.3, 0.4) is 0 Å². The number of ether oxygens (including phenoxy) is 3. The standard InChI is InChI=1S/C19H18O5/c1-22-12-8-14(23-2)17-15(9-12)24-18-13(10-16(20)19(17,18)21)11-6-4-3-5-7-11/h3-9,13,18,21H,10H2,1-2H3/t13-,18?,19+/m0/s1. The molecule has 4 rings (SSSR count). The average Bonchev–Trinajstić information content (AvgIpc) is 3.05. The molecule has 1 saturated carbocycles. The number of benzene rings is 2. The minimum Gasteiger partial charge on any atom is -0.496 e. The Hall–Kier alpha value is -2.53. The van der Waals surface area contributed by atoms with Gasteiger partial charge in [-0.2, -0.15) is 0 Å². The van der Waals surface area contributed by atoms with E-state index in [0.717, 1.165) is 5.56 Å². The summed E-state index contributed by atoms with van der Waals surface area (Å²) in [6.45, 7) is 0. The third-order valence-corrected chi connectivity index (χ3v) is 4.97. The lowest BCUT2D eigenvalue weighted by Crippen LogP contribution is -2.40. The number of ketones is 1. The first kappa shape index (κ1) is 15.0. The molecule has 0 bridgehead atoms. The Morgan fingerprint density at radius 2 is 1.92 bits per heavy atom. The van der Waals surface area contributed by atoms with Crippen molar-refractivity contribution in [2.75, 3.05) is 14.2 Å². The van der Waals surface area contributed by atoms with Gasteiger partial charge in [-0.15, -0.1) is 0 Å². The molecule has 5 nitrogen and oxygen atoms in total. The van der Waals surface area contributed by atoms with E-state index < -0.39 is 11.7 Å². The average molecular weight is 326 g/mol. The largest absolute Gasteiger partial charge is 0.496 e. The van der Waals surface area contributed by atoms with Gasteiger partial charge in [0.15, 0.2) is 11.4 Å². The van der Waals surface area contributed by atoms with E-state index in [-0.39, 0.29) is 18.1 Å². The zero-order chi connectivity index (χ0) is 16.9. The Bertz CT molecular complexity index is 801. The van der Waals surface area contributed by atoms with E-state index in [1.807, 2.05) is 30.3 Å². The van der Waals surface area contributed by atoms with Crippen LogP contribution < -0.4 is 14.2 Å². The second kappa shape index (κ2) is 5.24. The first-order chi connectivity index (χ1) is 11.6. The van der Waals surface area contributed by atoms with E-state index in [1.165, 1.54) is 7.11 Å². The molecule has 2 aromatic rings. The van der Waals surface area contributed by atoms with Gasteiger partial charge in [-0.05, 0) is 5.56 Å². The highest BCUT2D eigenvalue weighted by Crippen LogP contribution is 2.57. The molecule has 1 unspecified atom stereocenters. The molecule has 0 radical (unpaired) electrons. The van der Waals surface area contributed by atoms with Gasteiger partial charge >= 0.3 is 0 Å². The Morgan fingerprint density at radius 1 is 1.17 bits per heavy atom. The molecule has 1 aliphatic heterocycles. The van der Waals surface area contributed by atoms with Gasteiger partial charge in [-0.25, -0.2) is 0 Å². The first-order valence-electron chi connectivity index (χ1n) is 7.83. The van der Waals surface area contributed by atoms with Crippen molar-refractivity contribution in [3.63, 3.8) is 0 Å². The molecule has 1 aliphatic carbocycles. The van der Waals surface area contributed by atoms with Gasteiger partial charge in [-0.3, -0.25) is 4.79 Å². The van der Waals surface area contributed by atoms with Crippen LogP contribution in [0.15, 0.2) is 42.5 Å². The van der Waals surface area contributed by atoms with Crippen LogP contribution in [0.4, 0.5) is 0 Å². The predicted molar refractivity (Wildman–Crippen MR) is 86.7 cm³/mol. The maximum atomic E-state index is 12.7. The number of rotatable bonds is 3. The lowest BCUT2D eigenvalue weighted by molar-refractivity contribution is -0.137. The van der Waals surface area contributed by atoms with Crippen LogP contribution in [0.1, 0.15) is 23.5 Å². The Labute approximate surface area is 139 Å². The lowest BCUT2D eigenvalue weighted by atomic mass is 9.87. The first-order valence-corrected chi connectivity index (χ1v) is 7.83. The van der Waals surface area contributed by atoms with Crippen molar-refractivity contribution in [2.45, 2.75) is 24.0 Å². The number of carbonyl (C=O) groups is 1. The Kier molecular flexibility index (Phi) is 3.28. The lowest BCUT2D eigenvalue weighted by Gasteiger charge is -2.23. The normalized spacial score (nSPS) is 27.4. The molecule has 0 saturated heterocycles. The van der Waals surface area contributed by atoms with Gasteiger partial charge in [-0.1, -0.05) is 30.3 Å². The monoisotopic (exact) mass is 326 g/mol. The van der Waals surface area contributed by atoms with Crippen LogP contribution in [0.25, 0.3) is 0 Å². The van der Waals surface area contributed by atoms with Crippen LogP contribution in [0.2, 0.25) is 0 Å². The quantitative estimate of drug-likeness (QED) is 0.938. The fourth-order valence-electron chi connectivity index (χ4n) is 3.80. The minimum absolute atomic E-state index is 0.202. The summed E-state index contributed by atoms with van der Waals surface area (Å²) < 4.78 is 16.7. The number of methoxy groups -OCH3 is 2. The number of hydrogen-bond donors (Lipinski definition) is 1. The molecule has 2 aromatic carbocycles. The number of aliphatic hydroxyl groups is 1. The topological polar surface area (TPSA) is 65.0 Å². The van der Waals surface area contributed by atoms with Crippen LogP contribution in [-0.2, 0) is 10.4 Å². The van der Waals surface area contributed by atoms with E-state index >= 15 is 0 Å². The van der Waals surface area contributed by atoms with Crippen LogP contribution in [0.5, 0.6) is 17.2 Å². The molecule has 1 N–H and O–H groups in total. The Morgan fingerprint density at radius 3 is 2.58 bits per heavy atom. The summed E-state index contributed by atoms with van der Waals surface area (Å²) >= 11 is 0. The van der Waals surface area contributed by atoms with Crippen molar-refractivity contribution in [1.82, 2.24) is 0 Å². The van der Waals surface area contributed by atoms with Crippen molar-refractivity contribution in [1.29, 1.82) is 0 Å². The number of carbonyl (C=O) groups excluding carboxylic acids is 1. The van der Waals surface area contributed by atoms with Crippen LogP contribution >= 0.6 is 0 Å². The molecule has 2 aliphatic rings. The van der Waals surface area contributed by atoms with Gasteiger partial charge in [0.2, 0.25) is 0 Å². The van der Waals surface area contributed by atoms with Gasteiger partial charge in [0.1, 0.15) is 23.4 Å². The van der Waals surface area contributed by atoms with Gasteiger partial charge in [0.25, 0.3) is 0 Å². The zero-order valence-electron chi connectivity index (χ0n) is 13.5. The highest BCUT2D eigenvalue weighted by atomic mass is 16.5. The van der Waals surface area contributed by atoms with Crippen molar-refractivity contribution >= 4 is 5.78 Å². The van der Waals surface area contributed by atoms with E-state index in [4.69, 9.17) is 14.2 Å². The predicted octanol–water partition coefficient (Wildman–Crippen LogP) is 2.41. The molecule has 1 heterocycles. The van der Waals surface area contributed by atoms with Gasteiger partial charge in [0, 0.05) is 24.5 Å². The molecule has 0 aromatic heterocycles. The molecule has 0 spiro atoms. The third kappa shape index (κ3) is 1.88. The number of hydrogen-bond acceptors (Lipinski definition) is 5. The van der Waals surface area contributed by atoms with Crippen molar-refractivity contribution in [2.24, 2.45) is 0 Å². The van der Waals surface area contributed by atoms with Crippen LogP contribution in [-0.4, -0.2) is 31.2 Å². The third-order valence-electron chi connectivity index (χ3n) is 4.97. The van der Waals surface area contributed by atoms with Crippen molar-refractivity contribution in [3.05, 3.63) is 53.6 Å². The summed E-state index contributed by atoms with van der Waals surface area (Å²) in [4.78, 5) is 12.7. The van der Waals surface area contributed by atoms with Gasteiger partial charge < -0.3 is 19.3 Å². The summed E-state index contributed by atoms with van der Waals surface area (Å²) in [6, 6.07) is 13.0. The molecule has 124 valence electrons. The summed E-state index contributed by atoms with van der Waals surface area (Å²) in [5.41, 5.74) is -0.308. The van der Waals surface area contributed by atoms with E-state index in [1.54, 1.807) is 19.2 Å². The van der Waals surface area contributed by atoms with Gasteiger partial charge in [0.05, 0.1) is 19.8 Å². The summed E-state index contributed by atoms with van der Waals surface area (Å²) in [5, 5.41) is 11.3. The minimum atomic E-state index is -1.69. The SMILES string of the molecule is COc1cc(OC)c2c(c1)OC1[C@H](c3ccccc3)CC(=O)[C@@]21O. The van der Waals surface area contributed by atoms with Crippen molar-refractivity contribution < 1.29 is 24.1 Å². The number of Topliss-reactive ketones (excluding diaryl/α,β-unsaturated/α-hetero) is 1. The van der Waals surface area contributed by atoms with E-state index in [0.29, 0.717) is 22.8 Å². The molecular formula is C19H18O5. The fraction of sp³-hybridized carbons (Fsp3) is 0.316. The van der Waals surface area contributed by atoms with Crippen LogP contribution in [0, 0.1) is 0 Å². The molecule has 24 heavy (non-hydrogen) atoms. The molecule has 3 atom stereocenters. The second-order valence-corrected chi connectivity index (χ2v) is 6.15. The Balaban J connectivity index is 1.85. The number of fused-ring (bicyclic) bond motifs is 3. The zero-order valence-corrected chi connectivity index (χ0v) is 13.5. The summed E-state index contributed by atoms with van der Waals surface area (Å²) in [6.07, 6.45) is -0.428. The van der Waals surface area contributed by atoms with Crippen molar-refractivity contribution in [3.8, 4) is 17.2 Å².